The quantitative estimate of drug-likeness (QED) is 0.621. The first-order valence-electron chi connectivity index (χ1n) is 4.90. The molecule has 0 spiro atoms. The molecular weight excluding hydrogens is 172 g/mol. The summed E-state index contributed by atoms with van der Waals surface area (Å²) in [6, 6.07) is 6.32. The molecule has 0 atom stereocenters. The molecule has 1 aromatic carbocycles. The molecule has 0 N–H and O–H groups in total. The van der Waals surface area contributed by atoms with Gasteiger partial charge in [0.05, 0.1) is 17.4 Å². The van der Waals surface area contributed by atoms with Crippen molar-refractivity contribution in [1.29, 1.82) is 0 Å². The molecule has 1 aromatic heterocycles. The monoisotopic (exact) mass is 188 g/mol. The molecule has 1 heterocycles. The molecule has 0 fully saturated rings. The fourth-order valence-corrected chi connectivity index (χ4v) is 1.82. The van der Waals surface area contributed by atoms with E-state index >= 15 is 0 Å². The Kier molecular flexibility index (Phi) is 1.88. The second kappa shape index (κ2) is 2.84. The van der Waals surface area contributed by atoms with Crippen molar-refractivity contribution in [1.82, 2.24) is 9.55 Å². The molecule has 2 heteroatoms. The minimum atomic E-state index is 0.174. The van der Waals surface area contributed by atoms with E-state index in [-0.39, 0.29) is 5.41 Å². The smallest absolute Gasteiger partial charge is 0.0955 e. The zero-order valence-electron chi connectivity index (χ0n) is 9.20. The average Bonchev–Trinajstić information content (AvgIpc) is 2.46. The molecule has 74 valence electrons. The fourth-order valence-electron chi connectivity index (χ4n) is 1.82. The largest absolute Gasteiger partial charge is 0.333 e. The van der Waals surface area contributed by atoms with Crippen LogP contribution >= 0.6 is 0 Å². The van der Waals surface area contributed by atoms with Crippen LogP contribution in [0.15, 0.2) is 24.5 Å². The number of aromatic nitrogens is 2. The van der Waals surface area contributed by atoms with E-state index in [2.05, 4.69) is 48.5 Å². The number of hydrogen-bond donors (Lipinski definition) is 0. The molecule has 0 aliphatic heterocycles. The molecule has 2 aromatic rings. The highest BCUT2D eigenvalue weighted by Gasteiger charge is 2.18. The molecule has 0 bridgehead atoms. The Morgan fingerprint density at radius 2 is 1.93 bits per heavy atom. The number of nitrogens with zero attached hydrogens (tertiary/aromatic N) is 2. The van der Waals surface area contributed by atoms with Gasteiger partial charge in [0.25, 0.3) is 0 Å². The number of para-hydroxylation sites is 1. The van der Waals surface area contributed by atoms with Crippen LogP contribution in [0.3, 0.4) is 0 Å². The Balaban J connectivity index is 2.82. The second-order valence-electron chi connectivity index (χ2n) is 4.78. The summed E-state index contributed by atoms with van der Waals surface area (Å²) >= 11 is 0. The highest BCUT2D eigenvalue weighted by Crippen LogP contribution is 2.28. The van der Waals surface area contributed by atoms with E-state index < -0.39 is 0 Å². The maximum Gasteiger partial charge on any atom is 0.0955 e. The van der Waals surface area contributed by atoms with Crippen LogP contribution < -0.4 is 0 Å². The first kappa shape index (κ1) is 9.25. The highest BCUT2D eigenvalue weighted by atomic mass is 15.0. The van der Waals surface area contributed by atoms with Gasteiger partial charge in [-0.3, -0.25) is 0 Å². The zero-order valence-corrected chi connectivity index (χ0v) is 9.20. The van der Waals surface area contributed by atoms with Crippen molar-refractivity contribution in [3.63, 3.8) is 0 Å². The Morgan fingerprint density at radius 3 is 2.57 bits per heavy atom. The Morgan fingerprint density at radius 1 is 1.21 bits per heavy atom. The van der Waals surface area contributed by atoms with E-state index in [1.807, 2.05) is 13.4 Å². The molecular formula is C12H16N2. The van der Waals surface area contributed by atoms with Gasteiger partial charge in [0.15, 0.2) is 0 Å². The fraction of sp³-hybridized carbons (Fsp3) is 0.417. The van der Waals surface area contributed by atoms with Crippen molar-refractivity contribution >= 4 is 11.0 Å². The summed E-state index contributed by atoms with van der Waals surface area (Å²) in [5, 5.41) is 0. The van der Waals surface area contributed by atoms with Crippen LogP contribution in [0.1, 0.15) is 26.3 Å². The maximum absolute atomic E-state index is 4.36. The first-order valence-corrected chi connectivity index (χ1v) is 4.90. The van der Waals surface area contributed by atoms with E-state index in [0.717, 1.165) is 5.52 Å². The molecule has 14 heavy (non-hydrogen) atoms. The third-order valence-corrected chi connectivity index (χ3v) is 2.55. The van der Waals surface area contributed by atoms with Gasteiger partial charge in [-0.25, -0.2) is 4.98 Å². The highest BCUT2D eigenvalue weighted by molar-refractivity contribution is 5.80. The Bertz CT molecular complexity index is 461. The summed E-state index contributed by atoms with van der Waals surface area (Å²) in [5.74, 6) is 0. The van der Waals surface area contributed by atoms with Crippen molar-refractivity contribution in [3.05, 3.63) is 30.1 Å². The number of aryl methyl sites for hydroxylation is 1. The van der Waals surface area contributed by atoms with E-state index in [0.29, 0.717) is 0 Å². The van der Waals surface area contributed by atoms with E-state index in [9.17, 15) is 0 Å². The topological polar surface area (TPSA) is 17.8 Å². The van der Waals surface area contributed by atoms with E-state index in [1.165, 1.54) is 11.1 Å². The Labute approximate surface area is 84.6 Å². The van der Waals surface area contributed by atoms with E-state index in [1.54, 1.807) is 0 Å². The standard InChI is InChI=1S/C12H16N2/c1-12(2,3)9-6-5-7-10-11(9)14(4)8-13-10/h5-8H,1-4H3. The van der Waals surface area contributed by atoms with Crippen molar-refractivity contribution in [2.75, 3.05) is 0 Å². The van der Waals surface area contributed by atoms with Crippen molar-refractivity contribution < 1.29 is 0 Å². The number of hydrogen-bond acceptors (Lipinski definition) is 1. The maximum atomic E-state index is 4.36. The third kappa shape index (κ3) is 1.31. The summed E-state index contributed by atoms with van der Waals surface area (Å²) in [4.78, 5) is 4.36. The van der Waals surface area contributed by atoms with Gasteiger partial charge in [-0.05, 0) is 17.0 Å². The Hall–Kier alpha value is -1.31. The summed E-state index contributed by atoms with van der Waals surface area (Å²) in [6.45, 7) is 6.69. The van der Waals surface area contributed by atoms with Crippen LogP contribution in [0.2, 0.25) is 0 Å². The van der Waals surface area contributed by atoms with Gasteiger partial charge in [-0.2, -0.15) is 0 Å². The molecule has 0 aliphatic rings. The van der Waals surface area contributed by atoms with E-state index in [4.69, 9.17) is 0 Å². The lowest BCUT2D eigenvalue weighted by molar-refractivity contribution is 0.592. The van der Waals surface area contributed by atoms with Crippen LogP contribution in [0, 0.1) is 0 Å². The van der Waals surface area contributed by atoms with Gasteiger partial charge in [0.2, 0.25) is 0 Å². The van der Waals surface area contributed by atoms with Crippen LogP contribution in [-0.2, 0) is 12.5 Å². The van der Waals surface area contributed by atoms with Crippen molar-refractivity contribution in [3.8, 4) is 0 Å². The van der Waals surface area contributed by atoms with Gasteiger partial charge in [-0.1, -0.05) is 32.9 Å². The van der Waals surface area contributed by atoms with Gasteiger partial charge in [0, 0.05) is 7.05 Å². The summed E-state index contributed by atoms with van der Waals surface area (Å²) in [5.41, 5.74) is 3.86. The molecule has 2 rings (SSSR count). The van der Waals surface area contributed by atoms with Crippen LogP contribution in [-0.4, -0.2) is 9.55 Å². The number of imidazole rings is 1. The van der Waals surface area contributed by atoms with Gasteiger partial charge in [-0.15, -0.1) is 0 Å². The van der Waals surface area contributed by atoms with Crippen molar-refractivity contribution in [2.45, 2.75) is 26.2 Å². The van der Waals surface area contributed by atoms with Gasteiger partial charge in [0.1, 0.15) is 0 Å². The van der Waals surface area contributed by atoms with Gasteiger partial charge >= 0.3 is 0 Å². The first-order chi connectivity index (χ1) is 6.50. The number of rotatable bonds is 0. The SMILES string of the molecule is Cn1cnc2cccc(C(C)(C)C)c21. The number of benzene rings is 1. The van der Waals surface area contributed by atoms with Crippen LogP contribution in [0.5, 0.6) is 0 Å². The average molecular weight is 188 g/mol. The van der Waals surface area contributed by atoms with Crippen molar-refractivity contribution in [2.24, 2.45) is 7.05 Å². The zero-order chi connectivity index (χ0) is 10.3. The minimum Gasteiger partial charge on any atom is -0.333 e. The molecule has 0 radical (unpaired) electrons. The minimum absolute atomic E-state index is 0.174. The van der Waals surface area contributed by atoms with Crippen LogP contribution in [0.4, 0.5) is 0 Å². The lowest BCUT2D eigenvalue weighted by atomic mass is 9.86. The molecule has 0 saturated carbocycles. The lowest BCUT2D eigenvalue weighted by Gasteiger charge is -2.20. The summed E-state index contributed by atoms with van der Waals surface area (Å²) in [6.07, 6.45) is 1.87. The second-order valence-corrected chi connectivity index (χ2v) is 4.78. The number of fused-ring (bicyclic) bond motifs is 1. The predicted molar refractivity (Wildman–Crippen MR) is 59.4 cm³/mol. The molecule has 0 unspecified atom stereocenters. The van der Waals surface area contributed by atoms with Crippen LogP contribution in [0.25, 0.3) is 11.0 Å². The third-order valence-electron chi connectivity index (χ3n) is 2.55. The summed E-state index contributed by atoms with van der Waals surface area (Å²) < 4.78 is 2.09. The van der Waals surface area contributed by atoms with Gasteiger partial charge < -0.3 is 4.57 Å². The molecule has 0 amide bonds. The lowest BCUT2D eigenvalue weighted by Crippen LogP contribution is -2.12. The summed E-state index contributed by atoms with van der Waals surface area (Å²) in [7, 11) is 2.05. The molecule has 2 nitrogen and oxygen atoms in total. The normalized spacial score (nSPS) is 12.3. The molecule has 0 aliphatic carbocycles. The molecule has 0 saturated heterocycles. The predicted octanol–water partition coefficient (Wildman–Crippen LogP) is 2.87.